The molecule has 4 nitrogen and oxygen atoms in total. The van der Waals surface area contributed by atoms with Crippen LogP contribution in [-0.2, 0) is 4.79 Å². The van der Waals surface area contributed by atoms with Crippen LogP contribution in [0.5, 0.6) is 0 Å². The second-order valence-electron chi connectivity index (χ2n) is 6.07. The van der Waals surface area contributed by atoms with E-state index in [1.54, 1.807) is 0 Å². The normalized spacial score (nSPS) is 12.8. The van der Waals surface area contributed by atoms with E-state index in [0.29, 0.717) is 12.3 Å². The standard InChI is InChI=1S/C17H35NO3/c1-17(16-21)10-6-8-12-18(13-15-20)11-7-4-2-3-5-9-14-19/h14,17,20-21H,2-13,15-16H2,1H3. The third-order valence-corrected chi connectivity index (χ3v) is 3.95. The number of carbonyl (C=O) groups excluding carboxylic acids is 1. The topological polar surface area (TPSA) is 60.8 Å². The fourth-order valence-corrected chi connectivity index (χ4v) is 2.49. The highest BCUT2D eigenvalue weighted by Gasteiger charge is 2.05. The SMILES string of the molecule is CC(CO)CCCCN(CCO)CCCCCCCC=O. The lowest BCUT2D eigenvalue weighted by atomic mass is 10.1. The van der Waals surface area contributed by atoms with Crippen LogP contribution in [0.4, 0.5) is 0 Å². The Morgan fingerprint density at radius 3 is 2.14 bits per heavy atom. The Hall–Kier alpha value is -0.450. The molecule has 0 saturated heterocycles. The average Bonchev–Trinajstić information content (AvgIpc) is 2.50. The van der Waals surface area contributed by atoms with Crippen molar-refractivity contribution < 1.29 is 15.0 Å². The Balaban J connectivity index is 3.55. The number of aliphatic hydroxyl groups excluding tert-OH is 2. The molecule has 0 heterocycles. The molecule has 1 unspecified atom stereocenters. The van der Waals surface area contributed by atoms with E-state index in [1.807, 2.05) is 0 Å². The van der Waals surface area contributed by atoms with Gasteiger partial charge in [0.2, 0.25) is 0 Å². The smallest absolute Gasteiger partial charge is 0.119 e. The third kappa shape index (κ3) is 14.3. The molecule has 0 aromatic carbocycles. The van der Waals surface area contributed by atoms with Crippen LogP contribution in [0.2, 0.25) is 0 Å². The summed E-state index contributed by atoms with van der Waals surface area (Å²) in [4.78, 5) is 12.5. The number of hydrogen-bond acceptors (Lipinski definition) is 4. The first kappa shape index (κ1) is 20.6. The van der Waals surface area contributed by atoms with Gasteiger partial charge in [0.1, 0.15) is 6.29 Å². The molecule has 0 aliphatic carbocycles. The molecule has 126 valence electrons. The van der Waals surface area contributed by atoms with Crippen LogP contribution in [-0.4, -0.2) is 54.2 Å². The maximum atomic E-state index is 10.2. The fraction of sp³-hybridized carbons (Fsp3) is 0.941. The highest BCUT2D eigenvalue weighted by atomic mass is 16.3. The van der Waals surface area contributed by atoms with Crippen molar-refractivity contribution in [3.05, 3.63) is 0 Å². The molecular formula is C17H35NO3. The van der Waals surface area contributed by atoms with Crippen LogP contribution < -0.4 is 0 Å². The van der Waals surface area contributed by atoms with Crippen LogP contribution in [0.1, 0.15) is 64.7 Å². The van der Waals surface area contributed by atoms with Gasteiger partial charge < -0.3 is 19.9 Å². The van der Waals surface area contributed by atoms with E-state index in [1.165, 1.54) is 19.3 Å². The second-order valence-corrected chi connectivity index (χ2v) is 6.07. The highest BCUT2D eigenvalue weighted by Crippen LogP contribution is 2.09. The average molecular weight is 301 g/mol. The molecule has 0 fully saturated rings. The molecule has 2 N–H and O–H groups in total. The zero-order valence-corrected chi connectivity index (χ0v) is 13.8. The molecule has 0 bridgehead atoms. The summed E-state index contributed by atoms with van der Waals surface area (Å²) in [5, 5.41) is 18.1. The molecule has 4 heteroatoms. The minimum atomic E-state index is 0.229. The second kappa shape index (κ2) is 15.9. The van der Waals surface area contributed by atoms with Gasteiger partial charge in [-0.3, -0.25) is 0 Å². The van der Waals surface area contributed by atoms with Crippen LogP contribution in [0, 0.1) is 5.92 Å². The summed E-state index contributed by atoms with van der Waals surface area (Å²) < 4.78 is 0. The van der Waals surface area contributed by atoms with E-state index in [4.69, 9.17) is 10.2 Å². The number of unbranched alkanes of at least 4 members (excludes halogenated alkanes) is 6. The summed E-state index contributed by atoms with van der Waals surface area (Å²) in [5.41, 5.74) is 0. The summed E-state index contributed by atoms with van der Waals surface area (Å²) in [5.74, 6) is 0.405. The maximum Gasteiger partial charge on any atom is 0.119 e. The van der Waals surface area contributed by atoms with Gasteiger partial charge in [0, 0.05) is 19.6 Å². The third-order valence-electron chi connectivity index (χ3n) is 3.95. The molecule has 0 rings (SSSR count). The minimum absolute atomic E-state index is 0.229. The van der Waals surface area contributed by atoms with Gasteiger partial charge in [0.25, 0.3) is 0 Å². The van der Waals surface area contributed by atoms with Crippen molar-refractivity contribution in [1.82, 2.24) is 4.90 Å². The van der Waals surface area contributed by atoms with Crippen molar-refractivity contribution in [2.75, 3.05) is 32.8 Å². The molecule has 0 radical (unpaired) electrons. The van der Waals surface area contributed by atoms with Crippen LogP contribution >= 0.6 is 0 Å². The monoisotopic (exact) mass is 301 g/mol. The van der Waals surface area contributed by atoms with E-state index in [9.17, 15) is 4.79 Å². The van der Waals surface area contributed by atoms with Crippen LogP contribution in [0.3, 0.4) is 0 Å². The van der Waals surface area contributed by atoms with Gasteiger partial charge in [-0.15, -0.1) is 0 Å². The molecule has 0 spiro atoms. The predicted octanol–water partition coefficient (Wildman–Crippen LogP) is 2.62. The summed E-state index contributed by atoms with van der Waals surface area (Å²) in [6.45, 7) is 5.46. The number of rotatable bonds is 16. The zero-order chi connectivity index (χ0) is 15.8. The van der Waals surface area contributed by atoms with Crippen molar-refractivity contribution in [3.63, 3.8) is 0 Å². The summed E-state index contributed by atoms with van der Waals surface area (Å²) in [6.07, 6.45) is 10.8. The number of carbonyl (C=O) groups is 1. The van der Waals surface area contributed by atoms with E-state index in [2.05, 4.69) is 11.8 Å². The van der Waals surface area contributed by atoms with Crippen LogP contribution in [0.25, 0.3) is 0 Å². The van der Waals surface area contributed by atoms with Crippen molar-refractivity contribution in [2.45, 2.75) is 64.7 Å². The molecule has 0 aliphatic heterocycles. The van der Waals surface area contributed by atoms with E-state index >= 15 is 0 Å². The van der Waals surface area contributed by atoms with Crippen molar-refractivity contribution >= 4 is 6.29 Å². The molecule has 21 heavy (non-hydrogen) atoms. The fourth-order valence-electron chi connectivity index (χ4n) is 2.49. The lowest BCUT2D eigenvalue weighted by Crippen LogP contribution is -2.29. The lowest BCUT2D eigenvalue weighted by molar-refractivity contribution is -0.107. The van der Waals surface area contributed by atoms with Gasteiger partial charge in [-0.2, -0.15) is 0 Å². The van der Waals surface area contributed by atoms with Crippen molar-refractivity contribution in [3.8, 4) is 0 Å². The first-order chi connectivity index (χ1) is 10.2. The van der Waals surface area contributed by atoms with Gasteiger partial charge in [0.15, 0.2) is 0 Å². The van der Waals surface area contributed by atoms with Crippen molar-refractivity contribution in [2.24, 2.45) is 5.92 Å². The highest BCUT2D eigenvalue weighted by molar-refractivity contribution is 5.48. The minimum Gasteiger partial charge on any atom is -0.396 e. The van der Waals surface area contributed by atoms with E-state index < -0.39 is 0 Å². The first-order valence-corrected chi connectivity index (χ1v) is 8.62. The van der Waals surface area contributed by atoms with Crippen molar-refractivity contribution in [1.29, 1.82) is 0 Å². The van der Waals surface area contributed by atoms with E-state index in [0.717, 1.165) is 58.0 Å². The Kier molecular flexibility index (Phi) is 15.6. The predicted molar refractivity (Wildman–Crippen MR) is 87.4 cm³/mol. The summed E-state index contributed by atoms with van der Waals surface area (Å²) >= 11 is 0. The van der Waals surface area contributed by atoms with Gasteiger partial charge in [0.05, 0.1) is 6.61 Å². The number of hydrogen-bond donors (Lipinski definition) is 2. The number of nitrogens with zero attached hydrogens (tertiary/aromatic N) is 1. The molecule has 0 amide bonds. The molecule has 0 saturated carbocycles. The number of aldehydes is 1. The summed E-state index contributed by atoms with van der Waals surface area (Å²) in [6, 6.07) is 0. The zero-order valence-electron chi connectivity index (χ0n) is 13.8. The Morgan fingerprint density at radius 1 is 0.905 bits per heavy atom. The lowest BCUT2D eigenvalue weighted by Gasteiger charge is -2.21. The molecule has 0 aliphatic rings. The molecular weight excluding hydrogens is 266 g/mol. The quantitative estimate of drug-likeness (QED) is 0.340. The Labute approximate surface area is 130 Å². The van der Waals surface area contributed by atoms with Gasteiger partial charge >= 0.3 is 0 Å². The van der Waals surface area contributed by atoms with E-state index in [-0.39, 0.29) is 13.2 Å². The van der Waals surface area contributed by atoms with Gasteiger partial charge in [-0.1, -0.05) is 32.6 Å². The van der Waals surface area contributed by atoms with Gasteiger partial charge in [-0.05, 0) is 44.7 Å². The largest absolute Gasteiger partial charge is 0.396 e. The maximum absolute atomic E-state index is 10.2. The number of aliphatic hydroxyl groups is 2. The van der Waals surface area contributed by atoms with Crippen LogP contribution in [0.15, 0.2) is 0 Å². The van der Waals surface area contributed by atoms with Gasteiger partial charge in [-0.25, -0.2) is 0 Å². The Bertz CT molecular complexity index is 224. The molecule has 0 aromatic heterocycles. The molecule has 0 aromatic rings. The Morgan fingerprint density at radius 2 is 1.52 bits per heavy atom. The summed E-state index contributed by atoms with van der Waals surface area (Å²) in [7, 11) is 0. The first-order valence-electron chi connectivity index (χ1n) is 8.62. The molecule has 1 atom stereocenters.